The van der Waals surface area contributed by atoms with Crippen LogP contribution in [0.1, 0.15) is 40.1 Å². The van der Waals surface area contributed by atoms with Gasteiger partial charge in [0.1, 0.15) is 5.75 Å². The zero-order valence-electron chi connectivity index (χ0n) is 13.0. The molecule has 0 bridgehead atoms. The van der Waals surface area contributed by atoms with E-state index in [1.165, 1.54) is 0 Å². The van der Waals surface area contributed by atoms with Gasteiger partial charge >= 0.3 is 0 Å². The highest BCUT2D eigenvalue weighted by molar-refractivity contribution is 7.11. The van der Waals surface area contributed by atoms with Gasteiger partial charge in [-0.3, -0.25) is 0 Å². The van der Waals surface area contributed by atoms with E-state index in [0.717, 1.165) is 51.7 Å². The van der Waals surface area contributed by atoms with E-state index < -0.39 is 0 Å². The molecule has 0 aliphatic carbocycles. The van der Waals surface area contributed by atoms with Crippen LogP contribution in [0.3, 0.4) is 0 Å². The highest BCUT2D eigenvalue weighted by Crippen LogP contribution is 2.24. The molecule has 2 aromatic rings. The van der Waals surface area contributed by atoms with Gasteiger partial charge in [0, 0.05) is 6.42 Å². The van der Waals surface area contributed by atoms with Gasteiger partial charge in [-0.15, -0.1) is 11.3 Å². The van der Waals surface area contributed by atoms with Crippen LogP contribution >= 0.6 is 11.3 Å². The Hall–Kier alpha value is -1.39. The molecule has 3 nitrogen and oxygen atoms in total. The van der Waals surface area contributed by atoms with Crippen molar-refractivity contribution in [1.82, 2.24) is 4.98 Å². The molecule has 0 atom stereocenters. The standard InChI is InChI=1S/C17H23NO2S/c1-4-6-14-15(11-19)21-16(18-14)9-10-20-17-12(2)7-5-8-13(17)3/h5,7-8,19H,4,6,9-11H2,1-3H3. The minimum Gasteiger partial charge on any atom is -0.493 e. The predicted molar refractivity (Wildman–Crippen MR) is 87.1 cm³/mol. The summed E-state index contributed by atoms with van der Waals surface area (Å²) in [4.78, 5) is 5.62. The van der Waals surface area contributed by atoms with Crippen LogP contribution < -0.4 is 4.74 Å². The number of aliphatic hydroxyl groups is 1. The molecule has 1 N–H and O–H groups in total. The van der Waals surface area contributed by atoms with Crippen LogP contribution in [-0.4, -0.2) is 16.7 Å². The molecule has 0 fully saturated rings. The molecule has 21 heavy (non-hydrogen) atoms. The molecule has 0 saturated heterocycles. The molecule has 2 rings (SSSR count). The first-order chi connectivity index (χ1) is 10.2. The maximum atomic E-state index is 9.37. The minimum atomic E-state index is 0.0881. The van der Waals surface area contributed by atoms with E-state index >= 15 is 0 Å². The Morgan fingerprint density at radius 2 is 1.90 bits per heavy atom. The molecular formula is C17H23NO2S. The predicted octanol–water partition coefficient (Wildman–Crippen LogP) is 3.83. The van der Waals surface area contributed by atoms with Gasteiger partial charge in [-0.1, -0.05) is 31.5 Å². The van der Waals surface area contributed by atoms with Crippen molar-refractivity contribution >= 4 is 11.3 Å². The van der Waals surface area contributed by atoms with Gasteiger partial charge in [0.05, 0.1) is 28.8 Å². The van der Waals surface area contributed by atoms with Crippen LogP contribution in [0.15, 0.2) is 18.2 Å². The quantitative estimate of drug-likeness (QED) is 0.845. The van der Waals surface area contributed by atoms with Crippen molar-refractivity contribution in [2.75, 3.05) is 6.61 Å². The number of aryl methyl sites for hydroxylation is 3. The van der Waals surface area contributed by atoms with Gasteiger partial charge < -0.3 is 9.84 Å². The van der Waals surface area contributed by atoms with Crippen LogP contribution in [0.4, 0.5) is 0 Å². The van der Waals surface area contributed by atoms with Gasteiger partial charge in [0.25, 0.3) is 0 Å². The second-order valence-corrected chi connectivity index (χ2v) is 6.37. The van der Waals surface area contributed by atoms with Gasteiger partial charge in [-0.25, -0.2) is 4.98 Å². The van der Waals surface area contributed by atoms with Crippen LogP contribution in [-0.2, 0) is 19.4 Å². The number of thiazole rings is 1. The van der Waals surface area contributed by atoms with E-state index in [0.29, 0.717) is 6.61 Å². The summed E-state index contributed by atoms with van der Waals surface area (Å²) in [5.74, 6) is 0.977. The third-order valence-electron chi connectivity index (χ3n) is 3.42. The number of para-hydroxylation sites is 1. The summed E-state index contributed by atoms with van der Waals surface area (Å²) in [5, 5.41) is 10.4. The van der Waals surface area contributed by atoms with E-state index in [1.807, 2.05) is 6.07 Å². The molecule has 1 aromatic heterocycles. The second kappa shape index (κ2) is 7.57. The van der Waals surface area contributed by atoms with Crippen LogP contribution in [0.25, 0.3) is 0 Å². The van der Waals surface area contributed by atoms with Gasteiger partial charge in [0.15, 0.2) is 0 Å². The number of aromatic nitrogens is 1. The lowest BCUT2D eigenvalue weighted by molar-refractivity contribution is 0.284. The van der Waals surface area contributed by atoms with E-state index in [2.05, 4.69) is 37.9 Å². The van der Waals surface area contributed by atoms with E-state index in [-0.39, 0.29) is 6.61 Å². The minimum absolute atomic E-state index is 0.0881. The third kappa shape index (κ3) is 4.05. The lowest BCUT2D eigenvalue weighted by Gasteiger charge is -2.10. The first kappa shape index (κ1) is 16.0. The number of aliphatic hydroxyl groups excluding tert-OH is 1. The Balaban J connectivity index is 1.97. The largest absolute Gasteiger partial charge is 0.493 e. The average Bonchev–Trinajstić information content (AvgIpc) is 2.85. The fraction of sp³-hybridized carbons (Fsp3) is 0.471. The molecule has 0 aliphatic rings. The molecule has 1 aromatic carbocycles. The topological polar surface area (TPSA) is 42.4 Å². The van der Waals surface area contributed by atoms with Crippen LogP contribution in [0, 0.1) is 13.8 Å². The number of hydrogen-bond donors (Lipinski definition) is 1. The van der Waals surface area contributed by atoms with Crippen molar-refractivity contribution in [3.63, 3.8) is 0 Å². The molecule has 0 saturated carbocycles. The summed E-state index contributed by atoms with van der Waals surface area (Å²) in [7, 11) is 0. The number of benzene rings is 1. The monoisotopic (exact) mass is 305 g/mol. The highest BCUT2D eigenvalue weighted by Gasteiger charge is 2.10. The average molecular weight is 305 g/mol. The van der Waals surface area contributed by atoms with Crippen molar-refractivity contribution in [3.8, 4) is 5.75 Å². The Kier molecular flexibility index (Phi) is 5.76. The summed E-state index contributed by atoms with van der Waals surface area (Å²) in [5.41, 5.74) is 3.38. The summed E-state index contributed by atoms with van der Waals surface area (Å²) >= 11 is 1.60. The molecule has 1 heterocycles. The van der Waals surface area contributed by atoms with Crippen molar-refractivity contribution < 1.29 is 9.84 Å². The van der Waals surface area contributed by atoms with Crippen molar-refractivity contribution in [1.29, 1.82) is 0 Å². The third-order valence-corrected chi connectivity index (χ3v) is 4.57. The zero-order valence-corrected chi connectivity index (χ0v) is 13.8. The molecule has 0 aliphatic heterocycles. The Labute approximate surface area is 130 Å². The van der Waals surface area contributed by atoms with Crippen molar-refractivity contribution in [3.05, 3.63) is 44.9 Å². The summed E-state index contributed by atoms with van der Waals surface area (Å²) in [6, 6.07) is 6.17. The van der Waals surface area contributed by atoms with Gasteiger partial charge in [-0.2, -0.15) is 0 Å². The first-order valence-corrected chi connectivity index (χ1v) is 8.24. The molecule has 114 valence electrons. The summed E-state index contributed by atoms with van der Waals surface area (Å²) < 4.78 is 5.92. The Bertz CT molecular complexity index is 572. The molecule has 0 unspecified atom stereocenters. The fourth-order valence-electron chi connectivity index (χ4n) is 2.37. The number of rotatable bonds is 7. The number of ether oxygens (including phenoxy) is 1. The first-order valence-electron chi connectivity index (χ1n) is 7.43. The second-order valence-electron chi connectivity index (χ2n) is 5.20. The lowest BCUT2D eigenvalue weighted by atomic mass is 10.1. The summed E-state index contributed by atoms with van der Waals surface area (Å²) in [6.45, 7) is 6.97. The normalized spacial score (nSPS) is 10.9. The molecular weight excluding hydrogens is 282 g/mol. The van der Waals surface area contributed by atoms with Crippen LogP contribution in [0.5, 0.6) is 5.75 Å². The van der Waals surface area contributed by atoms with Crippen LogP contribution in [0.2, 0.25) is 0 Å². The highest BCUT2D eigenvalue weighted by atomic mass is 32.1. The molecule has 0 spiro atoms. The van der Waals surface area contributed by atoms with Crippen molar-refractivity contribution in [2.45, 2.75) is 46.6 Å². The number of nitrogens with zero attached hydrogens (tertiary/aromatic N) is 1. The van der Waals surface area contributed by atoms with E-state index in [9.17, 15) is 5.11 Å². The SMILES string of the molecule is CCCc1nc(CCOc2c(C)cccc2C)sc1CO. The lowest BCUT2D eigenvalue weighted by Crippen LogP contribution is -2.03. The maximum Gasteiger partial charge on any atom is 0.125 e. The van der Waals surface area contributed by atoms with Gasteiger partial charge in [-0.05, 0) is 31.4 Å². The van der Waals surface area contributed by atoms with E-state index in [4.69, 9.17) is 4.74 Å². The summed E-state index contributed by atoms with van der Waals surface area (Å²) in [6.07, 6.45) is 2.77. The van der Waals surface area contributed by atoms with Gasteiger partial charge in [0.2, 0.25) is 0 Å². The molecule has 0 amide bonds. The Morgan fingerprint density at radius 1 is 1.19 bits per heavy atom. The smallest absolute Gasteiger partial charge is 0.125 e. The fourth-order valence-corrected chi connectivity index (χ4v) is 3.32. The maximum absolute atomic E-state index is 9.37. The molecule has 4 heteroatoms. The zero-order chi connectivity index (χ0) is 15.2. The Morgan fingerprint density at radius 3 is 2.52 bits per heavy atom. The van der Waals surface area contributed by atoms with E-state index in [1.54, 1.807) is 11.3 Å². The van der Waals surface area contributed by atoms with Crippen molar-refractivity contribution in [2.24, 2.45) is 0 Å². The molecule has 0 radical (unpaired) electrons. The number of hydrogen-bond acceptors (Lipinski definition) is 4.